The molecule has 3 aromatic rings. The first-order valence-corrected chi connectivity index (χ1v) is 6.37. The number of esters is 1. The monoisotopic (exact) mass is 280 g/mol. The standard InChI is InChI=1S/C16H12N2O3/c1-21-16(20)15-14(19)9-10-18(17-15)13-8-4-6-11-5-2-3-7-12(11)13/h2-10H,1H3. The average Bonchev–Trinajstić information content (AvgIpc) is 2.54. The van der Waals surface area contributed by atoms with E-state index in [1.165, 1.54) is 24.1 Å². The maximum Gasteiger partial charge on any atom is 0.362 e. The van der Waals surface area contributed by atoms with Crippen molar-refractivity contribution in [2.24, 2.45) is 0 Å². The summed E-state index contributed by atoms with van der Waals surface area (Å²) < 4.78 is 6.09. The number of carbonyl (C=O) groups is 1. The summed E-state index contributed by atoms with van der Waals surface area (Å²) in [5.41, 5.74) is 0.101. The minimum absolute atomic E-state index is 0.229. The molecule has 0 fully saturated rings. The quantitative estimate of drug-likeness (QED) is 0.675. The van der Waals surface area contributed by atoms with E-state index in [0.717, 1.165) is 16.5 Å². The molecule has 21 heavy (non-hydrogen) atoms. The van der Waals surface area contributed by atoms with Gasteiger partial charge in [-0.1, -0.05) is 36.4 Å². The first-order valence-electron chi connectivity index (χ1n) is 6.37. The Hall–Kier alpha value is -2.95. The van der Waals surface area contributed by atoms with Crippen molar-refractivity contribution in [2.45, 2.75) is 0 Å². The Morgan fingerprint density at radius 3 is 2.67 bits per heavy atom. The van der Waals surface area contributed by atoms with Gasteiger partial charge in [-0.15, -0.1) is 0 Å². The van der Waals surface area contributed by atoms with Crippen molar-refractivity contribution < 1.29 is 9.53 Å². The lowest BCUT2D eigenvalue weighted by Crippen LogP contribution is -2.21. The van der Waals surface area contributed by atoms with Crippen LogP contribution in [0.25, 0.3) is 16.5 Å². The predicted molar refractivity (Wildman–Crippen MR) is 78.7 cm³/mol. The second-order valence-electron chi connectivity index (χ2n) is 4.46. The van der Waals surface area contributed by atoms with Gasteiger partial charge in [0.15, 0.2) is 0 Å². The van der Waals surface area contributed by atoms with Crippen LogP contribution in [0.4, 0.5) is 0 Å². The smallest absolute Gasteiger partial charge is 0.362 e. The van der Waals surface area contributed by atoms with Crippen LogP contribution in [0.2, 0.25) is 0 Å². The summed E-state index contributed by atoms with van der Waals surface area (Å²) >= 11 is 0. The number of nitrogens with zero attached hydrogens (tertiary/aromatic N) is 2. The molecule has 0 aliphatic heterocycles. The molecular formula is C16H12N2O3. The first kappa shape index (κ1) is 13.1. The molecule has 2 aromatic carbocycles. The van der Waals surface area contributed by atoms with Gasteiger partial charge in [-0.05, 0) is 11.5 Å². The summed E-state index contributed by atoms with van der Waals surface area (Å²) in [7, 11) is 1.22. The van der Waals surface area contributed by atoms with Gasteiger partial charge in [0.1, 0.15) is 0 Å². The van der Waals surface area contributed by atoms with E-state index in [4.69, 9.17) is 0 Å². The van der Waals surface area contributed by atoms with Gasteiger partial charge in [-0.25, -0.2) is 9.48 Å². The molecule has 5 nitrogen and oxygen atoms in total. The molecule has 0 bridgehead atoms. The normalized spacial score (nSPS) is 10.5. The summed E-state index contributed by atoms with van der Waals surface area (Å²) in [6, 6.07) is 14.9. The second-order valence-corrected chi connectivity index (χ2v) is 4.46. The number of aromatic nitrogens is 2. The molecule has 0 N–H and O–H groups in total. The van der Waals surface area contributed by atoms with Crippen LogP contribution in [0.3, 0.4) is 0 Å². The molecule has 0 saturated carbocycles. The van der Waals surface area contributed by atoms with Crippen LogP contribution in [-0.2, 0) is 4.74 Å². The van der Waals surface area contributed by atoms with Crippen LogP contribution in [0.5, 0.6) is 0 Å². The van der Waals surface area contributed by atoms with Crippen molar-refractivity contribution in [3.8, 4) is 5.69 Å². The fourth-order valence-corrected chi connectivity index (χ4v) is 2.19. The van der Waals surface area contributed by atoms with Gasteiger partial charge in [0.25, 0.3) is 0 Å². The molecule has 3 rings (SSSR count). The van der Waals surface area contributed by atoms with Crippen LogP contribution >= 0.6 is 0 Å². The lowest BCUT2D eigenvalue weighted by Gasteiger charge is -2.09. The number of methoxy groups -OCH3 is 1. The van der Waals surface area contributed by atoms with Crippen molar-refractivity contribution in [3.05, 3.63) is 70.6 Å². The van der Waals surface area contributed by atoms with Crippen molar-refractivity contribution in [2.75, 3.05) is 7.11 Å². The fourth-order valence-electron chi connectivity index (χ4n) is 2.19. The number of fused-ring (bicyclic) bond motifs is 1. The van der Waals surface area contributed by atoms with Crippen LogP contribution in [0.15, 0.2) is 59.5 Å². The van der Waals surface area contributed by atoms with Crippen LogP contribution in [0, 0.1) is 0 Å². The maximum atomic E-state index is 11.7. The fraction of sp³-hybridized carbons (Fsp3) is 0.0625. The number of hydrogen-bond acceptors (Lipinski definition) is 4. The summed E-state index contributed by atoms with van der Waals surface area (Å²) in [5.74, 6) is -0.741. The third-order valence-corrected chi connectivity index (χ3v) is 3.20. The molecule has 5 heteroatoms. The van der Waals surface area contributed by atoms with E-state index in [0.29, 0.717) is 0 Å². The van der Waals surface area contributed by atoms with Gasteiger partial charge < -0.3 is 4.74 Å². The highest BCUT2D eigenvalue weighted by Gasteiger charge is 2.14. The molecular weight excluding hydrogens is 268 g/mol. The van der Waals surface area contributed by atoms with Crippen LogP contribution in [0.1, 0.15) is 10.5 Å². The van der Waals surface area contributed by atoms with Gasteiger partial charge in [0.2, 0.25) is 11.1 Å². The Bertz CT molecular complexity index is 879. The van der Waals surface area contributed by atoms with E-state index >= 15 is 0 Å². The third kappa shape index (κ3) is 2.29. The minimum atomic E-state index is -0.741. The molecule has 0 amide bonds. The molecule has 1 heterocycles. The largest absolute Gasteiger partial charge is 0.464 e. The van der Waals surface area contributed by atoms with Gasteiger partial charge in [-0.2, -0.15) is 5.10 Å². The molecule has 0 aliphatic carbocycles. The topological polar surface area (TPSA) is 61.2 Å². The van der Waals surface area contributed by atoms with Crippen molar-refractivity contribution >= 4 is 16.7 Å². The number of carbonyl (C=O) groups excluding carboxylic acids is 1. The van der Waals surface area contributed by atoms with Gasteiger partial charge in [0.05, 0.1) is 12.8 Å². The Morgan fingerprint density at radius 1 is 1.10 bits per heavy atom. The van der Waals surface area contributed by atoms with Crippen LogP contribution in [-0.4, -0.2) is 22.9 Å². The molecule has 0 unspecified atom stereocenters. The lowest BCUT2D eigenvalue weighted by molar-refractivity contribution is 0.0590. The zero-order valence-corrected chi connectivity index (χ0v) is 11.3. The number of rotatable bonds is 2. The van der Waals surface area contributed by atoms with E-state index in [9.17, 15) is 9.59 Å². The molecule has 0 radical (unpaired) electrons. The Morgan fingerprint density at radius 2 is 1.86 bits per heavy atom. The molecule has 0 spiro atoms. The van der Waals surface area contributed by atoms with Gasteiger partial charge in [-0.3, -0.25) is 4.79 Å². The highest BCUT2D eigenvalue weighted by Crippen LogP contribution is 2.21. The Labute approximate surface area is 120 Å². The summed E-state index contributed by atoms with van der Waals surface area (Å²) in [4.78, 5) is 23.3. The van der Waals surface area contributed by atoms with Gasteiger partial charge >= 0.3 is 5.97 Å². The van der Waals surface area contributed by atoms with Crippen molar-refractivity contribution in [1.29, 1.82) is 0 Å². The average molecular weight is 280 g/mol. The number of ether oxygens (including phenoxy) is 1. The molecule has 0 aliphatic rings. The SMILES string of the molecule is COC(=O)c1nn(-c2cccc3ccccc23)ccc1=O. The van der Waals surface area contributed by atoms with Crippen molar-refractivity contribution in [1.82, 2.24) is 9.78 Å². The Balaban J connectivity index is 2.24. The van der Waals surface area contributed by atoms with E-state index in [1.807, 2.05) is 42.5 Å². The summed E-state index contributed by atoms with van der Waals surface area (Å²) in [6.07, 6.45) is 1.54. The summed E-state index contributed by atoms with van der Waals surface area (Å²) in [6.45, 7) is 0. The minimum Gasteiger partial charge on any atom is -0.464 e. The number of hydrogen-bond donors (Lipinski definition) is 0. The van der Waals surface area contributed by atoms with E-state index in [1.54, 1.807) is 0 Å². The maximum absolute atomic E-state index is 11.7. The molecule has 104 valence electrons. The zero-order chi connectivity index (χ0) is 14.8. The van der Waals surface area contributed by atoms with E-state index in [-0.39, 0.29) is 5.69 Å². The van der Waals surface area contributed by atoms with E-state index < -0.39 is 11.4 Å². The van der Waals surface area contributed by atoms with E-state index in [2.05, 4.69) is 9.84 Å². The first-order chi connectivity index (χ1) is 10.2. The summed E-state index contributed by atoms with van der Waals surface area (Å²) in [5, 5.41) is 6.12. The molecule has 1 aromatic heterocycles. The molecule has 0 atom stereocenters. The van der Waals surface area contributed by atoms with Gasteiger partial charge in [0, 0.05) is 17.6 Å². The van der Waals surface area contributed by atoms with Crippen molar-refractivity contribution in [3.63, 3.8) is 0 Å². The second kappa shape index (κ2) is 5.20. The number of benzene rings is 2. The Kier molecular flexibility index (Phi) is 3.23. The highest BCUT2D eigenvalue weighted by atomic mass is 16.5. The van der Waals surface area contributed by atoms with Crippen LogP contribution < -0.4 is 5.43 Å². The molecule has 0 saturated heterocycles. The highest BCUT2D eigenvalue weighted by molar-refractivity contribution is 5.90. The third-order valence-electron chi connectivity index (χ3n) is 3.20. The lowest BCUT2D eigenvalue weighted by atomic mass is 10.1. The predicted octanol–water partition coefficient (Wildman–Crippen LogP) is 2.17. The zero-order valence-electron chi connectivity index (χ0n) is 11.3.